The molecule has 17 heavy (non-hydrogen) atoms. The molecule has 0 N–H and O–H groups in total. The number of hydroxylamine groups is 2. The first-order chi connectivity index (χ1) is 7.77. The van der Waals surface area contributed by atoms with Gasteiger partial charge in [0.05, 0.1) is 5.70 Å². The first-order valence-electron chi connectivity index (χ1n) is 6.64. The van der Waals surface area contributed by atoms with Crippen LogP contribution in [0.3, 0.4) is 0 Å². The average molecular weight is 237 g/mol. The highest BCUT2D eigenvalue weighted by molar-refractivity contribution is 5.41. The van der Waals surface area contributed by atoms with Crippen molar-refractivity contribution in [1.29, 1.82) is 0 Å². The molecule has 1 heterocycles. The SMILES string of the molecule is CC1=C(C(C)C)C(C(C)C)=C(C(C)C)N(C)O1. The van der Waals surface area contributed by atoms with Gasteiger partial charge in [0, 0.05) is 12.6 Å². The molecule has 0 amide bonds. The van der Waals surface area contributed by atoms with Crippen molar-refractivity contribution in [2.75, 3.05) is 7.05 Å². The number of rotatable bonds is 3. The zero-order chi connectivity index (χ0) is 13.3. The quantitative estimate of drug-likeness (QED) is 0.723. The van der Waals surface area contributed by atoms with E-state index in [0.717, 1.165) is 5.76 Å². The van der Waals surface area contributed by atoms with E-state index < -0.39 is 0 Å². The second-order valence-corrected chi connectivity index (χ2v) is 5.82. The largest absolute Gasteiger partial charge is 0.385 e. The highest BCUT2D eigenvalue weighted by atomic mass is 16.7. The fraction of sp³-hybridized carbons (Fsp3) is 0.733. The van der Waals surface area contributed by atoms with Crippen molar-refractivity contribution in [1.82, 2.24) is 5.06 Å². The standard InChI is InChI=1S/C15H27NO/c1-9(2)13-12(7)17-16(8)15(11(5)6)14(13)10(3)4/h9-11H,1-8H3. The van der Waals surface area contributed by atoms with Crippen LogP contribution in [0.25, 0.3) is 0 Å². The summed E-state index contributed by atoms with van der Waals surface area (Å²) in [5.41, 5.74) is 4.19. The molecule has 0 aromatic rings. The molecule has 0 radical (unpaired) electrons. The van der Waals surface area contributed by atoms with E-state index in [9.17, 15) is 0 Å². The van der Waals surface area contributed by atoms with E-state index in [1.807, 2.05) is 12.1 Å². The minimum absolute atomic E-state index is 0.485. The third-order valence-electron chi connectivity index (χ3n) is 3.26. The van der Waals surface area contributed by atoms with Gasteiger partial charge in [-0.2, -0.15) is 0 Å². The summed E-state index contributed by atoms with van der Waals surface area (Å²) < 4.78 is 0. The van der Waals surface area contributed by atoms with Crippen LogP contribution in [0, 0.1) is 17.8 Å². The molecule has 1 aliphatic rings. The fourth-order valence-electron chi connectivity index (χ4n) is 2.80. The third-order valence-corrected chi connectivity index (χ3v) is 3.26. The summed E-state index contributed by atoms with van der Waals surface area (Å²) in [6.45, 7) is 15.6. The molecule has 0 aromatic carbocycles. The predicted molar refractivity (Wildman–Crippen MR) is 73.1 cm³/mol. The second kappa shape index (κ2) is 5.16. The first-order valence-corrected chi connectivity index (χ1v) is 6.64. The van der Waals surface area contributed by atoms with Crippen LogP contribution in [0.1, 0.15) is 48.5 Å². The van der Waals surface area contributed by atoms with Gasteiger partial charge in [-0.15, -0.1) is 0 Å². The lowest BCUT2D eigenvalue weighted by Crippen LogP contribution is -2.30. The highest BCUT2D eigenvalue weighted by Gasteiger charge is 2.29. The van der Waals surface area contributed by atoms with E-state index in [4.69, 9.17) is 4.84 Å². The summed E-state index contributed by atoms with van der Waals surface area (Å²) in [5, 5.41) is 1.95. The van der Waals surface area contributed by atoms with E-state index >= 15 is 0 Å². The summed E-state index contributed by atoms with van der Waals surface area (Å²) in [6.07, 6.45) is 0. The van der Waals surface area contributed by atoms with Crippen molar-refractivity contribution in [3.05, 3.63) is 22.6 Å². The van der Waals surface area contributed by atoms with Gasteiger partial charge in [-0.25, -0.2) is 5.06 Å². The Morgan fingerprint density at radius 1 is 0.824 bits per heavy atom. The number of hydrogen-bond donors (Lipinski definition) is 0. The Balaban J connectivity index is 3.42. The molecule has 0 atom stereocenters. The highest BCUT2D eigenvalue weighted by Crippen LogP contribution is 2.39. The number of nitrogens with zero attached hydrogens (tertiary/aromatic N) is 1. The molecule has 0 fully saturated rings. The van der Waals surface area contributed by atoms with Crippen molar-refractivity contribution < 1.29 is 4.84 Å². The zero-order valence-corrected chi connectivity index (χ0v) is 12.6. The summed E-state index contributed by atoms with van der Waals surface area (Å²) in [5.74, 6) is 2.58. The monoisotopic (exact) mass is 237 g/mol. The molecule has 0 saturated heterocycles. The molecule has 2 nitrogen and oxygen atoms in total. The van der Waals surface area contributed by atoms with E-state index in [-0.39, 0.29) is 0 Å². The Labute approximate surface area is 106 Å². The Morgan fingerprint density at radius 2 is 1.29 bits per heavy atom. The van der Waals surface area contributed by atoms with Gasteiger partial charge in [-0.05, 0) is 30.3 Å². The van der Waals surface area contributed by atoms with Crippen LogP contribution in [-0.2, 0) is 4.84 Å². The molecule has 0 aliphatic carbocycles. The summed E-state index contributed by atoms with van der Waals surface area (Å²) >= 11 is 0. The fourth-order valence-corrected chi connectivity index (χ4v) is 2.80. The van der Waals surface area contributed by atoms with Crippen LogP contribution < -0.4 is 0 Å². The maximum Gasteiger partial charge on any atom is 0.133 e. The molecule has 1 rings (SSSR count). The minimum Gasteiger partial charge on any atom is -0.385 e. The van der Waals surface area contributed by atoms with Crippen LogP contribution in [0.15, 0.2) is 22.6 Å². The number of hydrogen-bond acceptors (Lipinski definition) is 2. The van der Waals surface area contributed by atoms with Crippen LogP contribution in [0.5, 0.6) is 0 Å². The van der Waals surface area contributed by atoms with Gasteiger partial charge in [-0.3, -0.25) is 0 Å². The Kier molecular flexibility index (Phi) is 4.29. The molecule has 0 unspecified atom stereocenters. The average Bonchev–Trinajstić information content (AvgIpc) is 2.14. The van der Waals surface area contributed by atoms with Gasteiger partial charge in [-0.1, -0.05) is 41.5 Å². The molecule has 0 spiro atoms. The van der Waals surface area contributed by atoms with Crippen molar-refractivity contribution in [3.8, 4) is 0 Å². The maximum absolute atomic E-state index is 5.87. The molecule has 0 bridgehead atoms. The van der Waals surface area contributed by atoms with Gasteiger partial charge in [0.25, 0.3) is 0 Å². The topological polar surface area (TPSA) is 12.5 Å². The molecule has 0 aromatic heterocycles. The molecule has 0 saturated carbocycles. The Bertz CT molecular complexity index is 348. The second-order valence-electron chi connectivity index (χ2n) is 5.82. The maximum atomic E-state index is 5.87. The van der Waals surface area contributed by atoms with E-state index in [1.54, 1.807) is 0 Å². The molecular weight excluding hydrogens is 210 g/mol. The molecule has 1 aliphatic heterocycles. The smallest absolute Gasteiger partial charge is 0.133 e. The summed E-state index contributed by atoms with van der Waals surface area (Å²) in [4.78, 5) is 5.87. The number of allylic oxidation sites excluding steroid dienone is 4. The Hall–Kier alpha value is -0.920. The molecule has 2 heteroatoms. The van der Waals surface area contributed by atoms with Gasteiger partial charge in [0.1, 0.15) is 5.76 Å². The van der Waals surface area contributed by atoms with Gasteiger partial charge < -0.3 is 4.84 Å². The van der Waals surface area contributed by atoms with Crippen LogP contribution in [0.2, 0.25) is 0 Å². The Morgan fingerprint density at radius 3 is 1.65 bits per heavy atom. The van der Waals surface area contributed by atoms with Crippen molar-refractivity contribution in [2.45, 2.75) is 48.5 Å². The summed E-state index contributed by atoms with van der Waals surface area (Å²) in [6, 6.07) is 0. The van der Waals surface area contributed by atoms with Gasteiger partial charge in [0.2, 0.25) is 0 Å². The molecule has 98 valence electrons. The van der Waals surface area contributed by atoms with Crippen molar-refractivity contribution in [3.63, 3.8) is 0 Å². The van der Waals surface area contributed by atoms with Crippen LogP contribution >= 0.6 is 0 Å². The normalized spacial score (nSPS) is 17.7. The van der Waals surface area contributed by atoms with Gasteiger partial charge in [0.15, 0.2) is 0 Å². The lowest BCUT2D eigenvalue weighted by atomic mass is 9.83. The predicted octanol–water partition coefficient (Wildman–Crippen LogP) is 4.36. The lowest BCUT2D eigenvalue weighted by molar-refractivity contribution is -0.0804. The first kappa shape index (κ1) is 14.1. The minimum atomic E-state index is 0.485. The van der Waals surface area contributed by atoms with E-state index in [1.165, 1.54) is 16.8 Å². The summed E-state index contributed by atoms with van der Waals surface area (Å²) in [7, 11) is 2.01. The van der Waals surface area contributed by atoms with E-state index in [0.29, 0.717) is 17.8 Å². The van der Waals surface area contributed by atoms with Crippen molar-refractivity contribution >= 4 is 0 Å². The van der Waals surface area contributed by atoms with Crippen molar-refractivity contribution in [2.24, 2.45) is 17.8 Å². The lowest BCUT2D eigenvalue weighted by Gasteiger charge is -2.37. The van der Waals surface area contributed by atoms with E-state index in [2.05, 4.69) is 48.5 Å². The molecular formula is C15H27NO. The third kappa shape index (κ3) is 2.67. The van der Waals surface area contributed by atoms with Crippen LogP contribution in [-0.4, -0.2) is 12.1 Å². The van der Waals surface area contributed by atoms with Gasteiger partial charge >= 0.3 is 0 Å². The van der Waals surface area contributed by atoms with Crippen LogP contribution in [0.4, 0.5) is 0 Å². The zero-order valence-electron chi connectivity index (χ0n) is 12.6.